The number of hydrogen-bond donors (Lipinski definition) is 2. The van der Waals surface area contributed by atoms with Crippen LogP contribution in [0.5, 0.6) is 0 Å². The largest absolute Gasteiger partial charge is 0.388 e. The van der Waals surface area contributed by atoms with E-state index in [1.807, 2.05) is 13.2 Å². The van der Waals surface area contributed by atoms with E-state index in [4.69, 9.17) is 0 Å². The number of hydrogen-bond acceptors (Lipinski definition) is 3. The summed E-state index contributed by atoms with van der Waals surface area (Å²) in [5.41, 5.74) is 0.823. The van der Waals surface area contributed by atoms with Gasteiger partial charge < -0.3 is 10.4 Å². The maximum absolute atomic E-state index is 10.1. The minimum atomic E-state index is -0.597. The Balaban J connectivity index is 1.75. The summed E-state index contributed by atoms with van der Waals surface area (Å²) in [6.45, 7) is 2.59. The van der Waals surface area contributed by atoms with Gasteiger partial charge in [0.05, 0.1) is 5.60 Å². The molecule has 2 nitrogen and oxygen atoms in total. The van der Waals surface area contributed by atoms with Gasteiger partial charge in [0.15, 0.2) is 0 Å². The molecule has 106 valence electrons. The predicted octanol–water partition coefficient (Wildman–Crippen LogP) is 3.40. The van der Waals surface area contributed by atoms with Crippen molar-refractivity contribution in [2.75, 3.05) is 18.6 Å². The van der Waals surface area contributed by atoms with E-state index in [-0.39, 0.29) is 0 Å². The molecular formula is C15H22BrNOS. The van der Waals surface area contributed by atoms with Crippen LogP contribution in [0.3, 0.4) is 0 Å². The van der Waals surface area contributed by atoms with Gasteiger partial charge in [-0.3, -0.25) is 0 Å². The zero-order chi connectivity index (χ0) is 13.9. The van der Waals surface area contributed by atoms with Crippen molar-refractivity contribution >= 4 is 27.7 Å². The lowest BCUT2D eigenvalue weighted by Crippen LogP contribution is -2.48. The molecule has 0 amide bonds. The Bertz CT molecular complexity index is 418. The van der Waals surface area contributed by atoms with E-state index in [0.717, 1.165) is 10.2 Å². The summed E-state index contributed by atoms with van der Waals surface area (Å²) in [5.74, 6) is 1.45. The molecule has 1 fully saturated rings. The summed E-state index contributed by atoms with van der Waals surface area (Å²) < 4.78 is 1.16. The van der Waals surface area contributed by atoms with Gasteiger partial charge in [0.2, 0.25) is 0 Å². The highest BCUT2D eigenvalue weighted by atomic mass is 79.9. The first kappa shape index (κ1) is 15.4. The van der Waals surface area contributed by atoms with Crippen molar-refractivity contribution in [3.8, 4) is 0 Å². The van der Waals surface area contributed by atoms with E-state index < -0.39 is 5.60 Å². The van der Waals surface area contributed by atoms with Crippen LogP contribution in [-0.4, -0.2) is 35.3 Å². The molecular weight excluding hydrogens is 322 g/mol. The first-order valence-corrected chi connectivity index (χ1v) is 8.89. The Kier molecular flexibility index (Phi) is 5.35. The minimum Gasteiger partial charge on any atom is -0.388 e. The fraction of sp³-hybridized carbons (Fsp3) is 0.600. The average molecular weight is 344 g/mol. The second kappa shape index (κ2) is 6.61. The molecule has 0 radical (unpaired) electrons. The van der Waals surface area contributed by atoms with Crippen LogP contribution in [0.1, 0.15) is 31.2 Å². The Morgan fingerprint density at radius 2 is 2.21 bits per heavy atom. The molecule has 0 heterocycles. The minimum absolute atomic E-state index is 0.553. The number of thioether (sulfide) groups is 1. The second-order valence-electron chi connectivity index (χ2n) is 5.73. The fourth-order valence-corrected chi connectivity index (χ4v) is 3.68. The van der Waals surface area contributed by atoms with Crippen molar-refractivity contribution in [2.24, 2.45) is 0 Å². The lowest BCUT2D eigenvalue weighted by Gasteiger charge is -2.38. The van der Waals surface area contributed by atoms with E-state index in [2.05, 4.69) is 45.5 Å². The van der Waals surface area contributed by atoms with Gasteiger partial charge >= 0.3 is 0 Å². The molecule has 1 aromatic rings. The molecule has 1 unspecified atom stereocenters. The highest BCUT2D eigenvalue weighted by Crippen LogP contribution is 2.37. The molecule has 0 saturated heterocycles. The summed E-state index contributed by atoms with van der Waals surface area (Å²) in [7, 11) is 0. The third kappa shape index (κ3) is 4.48. The molecule has 1 aromatic carbocycles. The van der Waals surface area contributed by atoms with Crippen molar-refractivity contribution in [1.82, 2.24) is 5.32 Å². The van der Waals surface area contributed by atoms with Crippen LogP contribution in [0, 0.1) is 0 Å². The molecule has 0 aliphatic heterocycles. The molecule has 4 heteroatoms. The standard InChI is InChI=1S/C15H22BrNOS/c1-15(18,10-19-2)9-17-14-7-12(8-14)11-4-3-5-13(16)6-11/h3-6,12,14,17-18H,7-10H2,1-2H3. The van der Waals surface area contributed by atoms with Gasteiger partial charge in [-0.25, -0.2) is 0 Å². The fourth-order valence-electron chi connectivity index (χ4n) is 2.54. The van der Waals surface area contributed by atoms with Gasteiger partial charge in [0.25, 0.3) is 0 Å². The SMILES string of the molecule is CSCC(C)(O)CNC1CC(c2cccc(Br)c2)C1. The summed E-state index contributed by atoms with van der Waals surface area (Å²) >= 11 is 5.21. The van der Waals surface area contributed by atoms with Gasteiger partial charge in [0, 0.05) is 22.8 Å². The number of aliphatic hydroxyl groups is 1. The van der Waals surface area contributed by atoms with Gasteiger partial charge in [-0.1, -0.05) is 28.1 Å². The van der Waals surface area contributed by atoms with Crippen LogP contribution in [-0.2, 0) is 0 Å². The molecule has 1 aliphatic carbocycles. The molecule has 2 rings (SSSR count). The first-order valence-electron chi connectivity index (χ1n) is 6.70. The molecule has 1 aliphatic rings. The lowest BCUT2D eigenvalue weighted by atomic mass is 9.76. The number of rotatable bonds is 6. The maximum atomic E-state index is 10.1. The van der Waals surface area contributed by atoms with Gasteiger partial charge in [-0.15, -0.1) is 0 Å². The number of halogens is 1. The van der Waals surface area contributed by atoms with E-state index in [1.165, 1.54) is 18.4 Å². The maximum Gasteiger partial charge on any atom is 0.0833 e. The Hall–Kier alpha value is -0.0300. The highest BCUT2D eigenvalue weighted by Gasteiger charge is 2.31. The normalized spacial score (nSPS) is 25.7. The summed E-state index contributed by atoms with van der Waals surface area (Å²) in [4.78, 5) is 0. The zero-order valence-electron chi connectivity index (χ0n) is 11.5. The van der Waals surface area contributed by atoms with Crippen LogP contribution < -0.4 is 5.32 Å². The molecule has 0 bridgehead atoms. The van der Waals surface area contributed by atoms with Crippen molar-refractivity contribution in [2.45, 2.75) is 37.3 Å². The van der Waals surface area contributed by atoms with Crippen LogP contribution in [0.25, 0.3) is 0 Å². The van der Waals surface area contributed by atoms with Crippen LogP contribution >= 0.6 is 27.7 Å². The molecule has 0 spiro atoms. The van der Waals surface area contributed by atoms with E-state index >= 15 is 0 Å². The topological polar surface area (TPSA) is 32.3 Å². The zero-order valence-corrected chi connectivity index (χ0v) is 13.9. The van der Waals surface area contributed by atoms with Gasteiger partial charge in [-0.2, -0.15) is 11.8 Å². The molecule has 2 N–H and O–H groups in total. The van der Waals surface area contributed by atoms with Crippen molar-refractivity contribution < 1.29 is 5.11 Å². The second-order valence-corrected chi connectivity index (χ2v) is 7.51. The molecule has 1 saturated carbocycles. The Morgan fingerprint density at radius 1 is 1.47 bits per heavy atom. The smallest absolute Gasteiger partial charge is 0.0833 e. The predicted molar refractivity (Wildman–Crippen MR) is 86.9 cm³/mol. The summed E-state index contributed by atoms with van der Waals surface area (Å²) in [6.07, 6.45) is 4.37. The highest BCUT2D eigenvalue weighted by molar-refractivity contribution is 9.10. The van der Waals surface area contributed by atoms with Gasteiger partial charge in [0.1, 0.15) is 0 Å². The van der Waals surface area contributed by atoms with E-state index in [9.17, 15) is 5.11 Å². The van der Waals surface area contributed by atoms with E-state index in [0.29, 0.717) is 18.5 Å². The van der Waals surface area contributed by atoms with Crippen molar-refractivity contribution in [3.05, 3.63) is 34.3 Å². The molecule has 0 aromatic heterocycles. The Labute approximate surface area is 128 Å². The molecule has 19 heavy (non-hydrogen) atoms. The third-order valence-electron chi connectivity index (χ3n) is 3.69. The van der Waals surface area contributed by atoms with Crippen LogP contribution in [0.15, 0.2) is 28.7 Å². The Morgan fingerprint density at radius 3 is 2.84 bits per heavy atom. The van der Waals surface area contributed by atoms with Crippen molar-refractivity contribution in [3.63, 3.8) is 0 Å². The van der Waals surface area contributed by atoms with Crippen LogP contribution in [0.2, 0.25) is 0 Å². The molecule has 1 atom stereocenters. The van der Waals surface area contributed by atoms with E-state index in [1.54, 1.807) is 11.8 Å². The first-order chi connectivity index (χ1) is 9.00. The monoisotopic (exact) mass is 343 g/mol. The average Bonchev–Trinajstić information content (AvgIpc) is 2.26. The quantitative estimate of drug-likeness (QED) is 0.830. The lowest BCUT2D eigenvalue weighted by molar-refractivity contribution is 0.0756. The van der Waals surface area contributed by atoms with Gasteiger partial charge in [-0.05, 0) is 49.6 Å². The summed E-state index contributed by atoms with van der Waals surface area (Å²) in [5, 5.41) is 13.6. The number of nitrogens with one attached hydrogen (secondary N) is 1. The van der Waals surface area contributed by atoms with Crippen molar-refractivity contribution in [1.29, 1.82) is 0 Å². The summed E-state index contributed by atoms with van der Waals surface area (Å²) in [6, 6.07) is 9.14. The number of benzene rings is 1. The van der Waals surface area contributed by atoms with Crippen LogP contribution in [0.4, 0.5) is 0 Å². The third-order valence-corrected chi connectivity index (χ3v) is 5.09.